The lowest BCUT2D eigenvalue weighted by molar-refractivity contribution is 0.312. The third-order valence-corrected chi connectivity index (χ3v) is 4.63. The van der Waals surface area contributed by atoms with Crippen LogP contribution < -0.4 is 15.5 Å². The van der Waals surface area contributed by atoms with Crippen molar-refractivity contribution in [2.24, 2.45) is 10.9 Å². The van der Waals surface area contributed by atoms with Crippen molar-refractivity contribution in [3.8, 4) is 0 Å². The molecular weight excluding hydrogens is 322 g/mol. The highest BCUT2D eigenvalue weighted by Crippen LogP contribution is 2.28. The zero-order chi connectivity index (χ0) is 17.5. The predicted molar refractivity (Wildman–Crippen MR) is 104 cm³/mol. The van der Waals surface area contributed by atoms with E-state index in [2.05, 4.69) is 52.4 Å². The van der Waals surface area contributed by atoms with Crippen molar-refractivity contribution in [1.82, 2.24) is 15.5 Å². The normalized spacial score (nSPS) is 16.6. The molecule has 0 saturated carbocycles. The van der Waals surface area contributed by atoms with Crippen LogP contribution >= 0.6 is 11.6 Å². The largest absolute Gasteiger partial charge is 0.369 e. The molecule has 0 bridgehead atoms. The smallest absolute Gasteiger partial charge is 0.191 e. The summed E-state index contributed by atoms with van der Waals surface area (Å²) in [6, 6.07) is 6.16. The molecule has 0 aliphatic carbocycles. The maximum atomic E-state index is 6.49. The summed E-state index contributed by atoms with van der Waals surface area (Å²) < 4.78 is 0. The fourth-order valence-electron chi connectivity index (χ4n) is 2.76. The van der Waals surface area contributed by atoms with Crippen LogP contribution in [0.5, 0.6) is 0 Å². The molecule has 0 spiro atoms. The minimum Gasteiger partial charge on any atom is -0.369 e. The maximum absolute atomic E-state index is 6.49. The third kappa shape index (κ3) is 5.28. The molecule has 1 aromatic carbocycles. The van der Waals surface area contributed by atoms with Crippen molar-refractivity contribution in [3.63, 3.8) is 0 Å². The van der Waals surface area contributed by atoms with Crippen molar-refractivity contribution >= 4 is 23.2 Å². The van der Waals surface area contributed by atoms with E-state index >= 15 is 0 Å². The Morgan fingerprint density at radius 1 is 1.21 bits per heavy atom. The third-order valence-electron chi connectivity index (χ3n) is 4.27. The Morgan fingerprint density at radius 3 is 2.54 bits per heavy atom. The summed E-state index contributed by atoms with van der Waals surface area (Å²) in [5.74, 6) is 1.39. The van der Waals surface area contributed by atoms with Gasteiger partial charge in [0.1, 0.15) is 0 Å². The number of rotatable bonds is 5. The van der Waals surface area contributed by atoms with Gasteiger partial charge in [0.15, 0.2) is 5.96 Å². The highest BCUT2D eigenvalue weighted by Gasteiger charge is 2.18. The van der Waals surface area contributed by atoms with Gasteiger partial charge in [0.05, 0.1) is 0 Å². The molecule has 0 aromatic heterocycles. The van der Waals surface area contributed by atoms with Crippen LogP contribution in [0.15, 0.2) is 23.2 Å². The lowest BCUT2D eigenvalue weighted by Crippen LogP contribution is -2.45. The van der Waals surface area contributed by atoms with E-state index in [4.69, 9.17) is 11.6 Å². The zero-order valence-electron chi connectivity index (χ0n) is 15.3. The Bertz CT molecular complexity index is 550. The van der Waals surface area contributed by atoms with Crippen LogP contribution in [0.4, 0.5) is 5.69 Å². The fraction of sp³-hybridized carbons (Fsp3) is 0.611. The van der Waals surface area contributed by atoms with E-state index in [0.717, 1.165) is 49.3 Å². The Morgan fingerprint density at radius 2 is 1.92 bits per heavy atom. The quantitative estimate of drug-likeness (QED) is 0.631. The Balaban J connectivity index is 2.06. The van der Waals surface area contributed by atoms with Crippen LogP contribution in [0.3, 0.4) is 0 Å². The first-order valence-corrected chi connectivity index (χ1v) is 9.04. The van der Waals surface area contributed by atoms with E-state index < -0.39 is 0 Å². The molecule has 0 amide bonds. The molecule has 0 radical (unpaired) electrons. The van der Waals surface area contributed by atoms with Gasteiger partial charge in [-0.15, -0.1) is 0 Å². The second kappa shape index (κ2) is 9.14. The molecule has 1 heterocycles. The summed E-state index contributed by atoms with van der Waals surface area (Å²) in [4.78, 5) is 9.07. The summed E-state index contributed by atoms with van der Waals surface area (Å²) >= 11 is 6.49. The molecule has 1 saturated heterocycles. The topological polar surface area (TPSA) is 42.9 Å². The zero-order valence-corrected chi connectivity index (χ0v) is 16.0. The molecule has 2 N–H and O–H groups in total. The van der Waals surface area contributed by atoms with Crippen LogP contribution in [0.25, 0.3) is 0 Å². The average Bonchev–Trinajstić information content (AvgIpc) is 2.56. The molecule has 134 valence electrons. The molecule has 1 aromatic rings. The number of benzene rings is 1. The van der Waals surface area contributed by atoms with E-state index in [0.29, 0.717) is 12.5 Å². The van der Waals surface area contributed by atoms with Crippen molar-refractivity contribution in [2.45, 2.75) is 20.4 Å². The molecule has 1 aliphatic rings. The number of likely N-dealkylation sites (N-methyl/N-ethyl adjacent to an activating group) is 1. The molecule has 1 aliphatic heterocycles. The number of aliphatic imine (C=N–C) groups is 1. The molecule has 5 nitrogen and oxygen atoms in total. The summed E-state index contributed by atoms with van der Waals surface area (Å²) in [6.45, 7) is 10.1. The first-order valence-electron chi connectivity index (χ1n) is 8.66. The number of guanidine groups is 1. The fourth-order valence-corrected chi connectivity index (χ4v) is 3.00. The van der Waals surface area contributed by atoms with Gasteiger partial charge in [0.25, 0.3) is 0 Å². The van der Waals surface area contributed by atoms with Gasteiger partial charge in [-0.3, -0.25) is 4.99 Å². The molecule has 6 heteroatoms. The van der Waals surface area contributed by atoms with Crippen LogP contribution in [0.1, 0.15) is 19.4 Å². The first kappa shape index (κ1) is 18.9. The van der Waals surface area contributed by atoms with Gasteiger partial charge in [0.2, 0.25) is 0 Å². The molecule has 1 fully saturated rings. The number of hydrogen-bond acceptors (Lipinski definition) is 3. The van der Waals surface area contributed by atoms with Crippen LogP contribution in [0, 0.1) is 5.92 Å². The van der Waals surface area contributed by atoms with Gasteiger partial charge in [0, 0.05) is 62.6 Å². The number of halogens is 1. The Labute approximate surface area is 151 Å². The van der Waals surface area contributed by atoms with Crippen molar-refractivity contribution in [1.29, 1.82) is 0 Å². The lowest BCUT2D eigenvalue weighted by atomic mass is 10.1. The second-order valence-corrected chi connectivity index (χ2v) is 7.14. The first-order chi connectivity index (χ1) is 11.5. The SMILES string of the molecule is CN=C(NCc1c(Cl)cccc1N1CCN(C)CC1)NCC(C)C. The van der Waals surface area contributed by atoms with Gasteiger partial charge in [-0.1, -0.05) is 31.5 Å². The highest BCUT2D eigenvalue weighted by atomic mass is 35.5. The molecular formula is C18H30ClN5. The highest BCUT2D eigenvalue weighted by molar-refractivity contribution is 6.31. The van der Waals surface area contributed by atoms with E-state index in [1.54, 1.807) is 7.05 Å². The van der Waals surface area contributed by atoms with Gasteiger partial charge in [-0.25, -0.2) is 0 Å². The number of nitrogens with zero attached hydrogens (tertiary/aromatic N) is 3. The summed E-state index contributed by atoms with van der Waals surface area (Å²) in [5.41, 5.74) is 2.36. The summed E-state index contributed by atoms with van der Waals surface area (Å²) in [5, 5.41) is 7.53. The van der Waals surface area contributed by atoms with Crippen LogP contribution in [-0.4, -0.2) is 57.7 Å². The number of nitrogens with one attached hydrogen (secondary N) is 2. The van der Waals surface area contributed by atoms with Crippen molar-refractivity contribution < 1.29 is 0 Å². The Hall–Kier alpha value is -1.46. The molecule has 24 heavy (non-hydrogen) atoms. The van der Waals surface area contributed by atoms with E-state index in [1.807, 2.05) is 12.1 Å². The van der Waals surface area contributed by atoms with Crippen molar-refractivity contribution in [3.05, 3.63) is 28.8 Å². The van der Waals surface area contributed by atoms with E-state index in [9.17, 15) is 0 Å². The lowest BCUT2D eigenvalue weighted by Gasteiger charge is -2.35. The van der Waals surface area contributed by atoms with Crippen LogP contribution in [0.2, 0.25) is 5.02 Å². The summed E-state index contributed by atoms with van der Waals surface area (Å²) in [6.07, 6.45) is 0. The molecule has 2 rings (SSSR count). The number of anilines is 1. The van der Waals surface area contributed by atoms with Gasteiger partial charge in [-0.05, 0) is 25.1 Å². The number of piperazine rings is 1. The van der Waals surface area contributed by atoms with Gasteiger partial charge < -0.3 is 20.4 Å². The predicted octanol–water partition coefficient (Wildman–Crippen LogP) is 2.41. The average molecular weight is 352 g/mol. The number of hydrogen-bond donors (Lipinski definition) is 2. The minimum atomic E-state index is 0.574. The molecule has 0 atom stereocenters. The van der Waals surface area contributed by atoms with Crippen molar-refractivity contribution in [2.75, 3.05) is 51.7 Å². The summed E-state index contributed by atoms with van der Waals surface area (Å²) in [7, 11) is 3.96. The monoisotopic (exact) mass is 351 g/mol. The van der Waals surface area contributed by atoms with Crippen LogP contribution in [-0.2, 0) is 6.54 Å². The van der Waals surface area contributed by atoms with E-state index in [1.165, 1.54) is 5.69 Å². The second-order valence-electron chi connectivity index (χ2n) is 6.73. The maximum Gasteiger partial charge on any atom is 0.191 e. The minimum absolute atomic E-state index is 0.574. The molecule has 0 unspecified atom stereocenters. The van der Waals surface area contributed by atoms with Gasteiger partial charge in [-0.2, -0.15) is 0 Å². The Kier molecular flexibility index (Phi) is 7.18. The van der Waals surface area contributed by atoms with E-state index in [-0.39, 0.29) is 0 Å². The standard InChI is InChI=1S/C18H30ClN5/c1-14(2)12-21-18(20-3)22-13-15-16(19)6-5-7-17(15)24-10-8-23(4)9-11-24/h5-7,14H,8-13H2,1-4H3,(H2,20,21,22). The van der Waals surface area contributed by atoms with Gasteiger partial charge >= 0.3 is 0 Å².